The summed E-state index contributed by atoms with van der Waals surface area (Å²) in [7, 11) is 0. The second-order valence-electron chi connectivity index (χ2n) is 2.92. The summed E-state index contributed by atoms with van der Waals surface area (Å²) in [5, 5.41) is 3.17. The van der Waals surface area contributed by atoms with Crippen LogP contribution < -0.4 is 5.32 Å². The SMILES string of the molecule is Cc1nccnc1NCc1cnc[nH]1. The first kappa shape index (κ1) is 8.68. The Morgan fingerprint density at radius 1 is 1.36 bits per heavy atom. The van der Waals surface area contributed by atoms with Gasteiger partial charge in [-0.3, -0.25) is 4.98 Å². The molecule has 2 heterocycles. The monoisotopic (exact) mass is 189 g/mol. The molecule has 2 aromatic rings. The van der Waals surface area contributed by atoms with E-state index >= 15 is 0 Å². The number of rotatable bonds is 3. The molecule has 0 saturated heterocycles. The lowest BCUT2D eigenvalue weighted by molar-refractivity contribution is 1.02. The van der Waals surface area contributed by atoms with Crippen molar-refractivity contribution in [3.05, 3.63) is 36.3 Å². The highest BCUT2D eigenvalue weighted by Gasteiger charge is 1.99. The second kappa shape index (κ2) is 3.87. The predicted molar refractivity (Wildman–Crippen MR) is 52.7 cm³/mol. The van der Waals surface area contributed by atoms with Gasteiger partial charge in [0, 0.05) is 18.6 Å². The van der Waals surface area contributed by atoms with Crippen molar-refractivity contribution in [1.82, 2.24) is 19.9 Å². The molecule has 0 amide bonds. The van der Waals surface area contributed by atoms with Crippen LogP contribution in [0.3, 0.4) is 0 Å². The van der Waals surface area contributed by atoms with Crippen LogP contribution in [0.5, 0.6) is 0 Å². The first-order chi connectivity index (χ1) is 6.86. The molecule has 5 heteroatoms. The Morgan fingerprint density at radius 3 is 2.93 bits per heavy atom. The van der Waals surface area contributed by atoms with Gasteiger partial charge >= 0.3 is 0 Å². The van der Waals surface area contributed by atoms with E-state index in [0.717, 1.165) is 17.2 Å². The summed E-state index contributed by atoms with van der Waals surface area (Å²) < 4.78 is 0. The van der Waals surface area contributed by atoms with Crippen molar-refractivity contribution in [2.45, 2.75) is 13.5 Å². The molecule has 0 unspecified atom stereocenters. The number of nitrogens with zero attached hydrogens (tertiary/aromatic N) is 3. The van der Waals surface area contributed by atoms with Crippen LogP contribution in [0.1, 0.15) is 11.4 Å². The number of anilines is 1. The summed E-state index contributed by atoms with van der Waals surface area (Å²) in [6.45, 7) is 2.60. The van der Waals surface area contributed by atoms with Crippen molar-refractivity contribution in [1.29, 1.82) is 0 Å². The predicted octanol–water partition coefficient (Wildman–Crippen LogP) is 1.12. The maximum Gasteiger partial charge on any atom is 0.147 e. The molecule has 0 aliphatic carbocycles. The van der Waals surface area contributed by atoms with Gasteiger partial charge in [-0.2, -0.15) is 0 Å². The van der Waals surface area contributed by atoms with Crippen LogP contribution in [0.15, 0.2) is 24.9 Å². The quantitative estimate of drug-likeness (QED) is 0.759. The highest BCUT2D eigenvalue weighted by atomic mass is 15.0. The fourth-order valence-electron chi connectivity index (χ4n) is 1.14. The zero-order valence-electron chi connectivity index (χ0n) is 7.86. The highest BCUT2D eigenvalue weighted by molar-refractivity contribution is 5.38. The molecule has 2 rings (SSSR count). The molecule has 0 aliphatic heterocycles. The van der Waals surface area contributed by atoms with E-state index in [1.165, 1.54) is 0 Å². The van der Waals surface area contributed by atoms with Gasteiger partial charge in [0.15, 0.2) is 0 Å². The third kappa shape index (κ3) is 1.87. The van der Waals surface area contributed by atoms with Crippen molar-refractivity contribution in [2.75, 3.05) is 5.32 Å². The molecular formula is C9H11N5. The Morgan fingerprint density at radius 2 is 2.21 bits per heavy atom. The number of aryl methyl sites for hydroxylation is 1. The Balaban J connectivity index is 2.02. The molecule has 72 valence electrons. The molecule has 0 atom stereocenters. The van der Waals surface area contributed by atoms with Gasteiger partial charge in [0.1, 0.15) is 5.82 Å². The van der Waals surface area contributed by atoms with Crippen molar-refractivity contribution in [3.63, 3.8) is 0 Å². The zero-order chi connectivity index (χ0) is 9.80. The van der Waals surface area contributed by atoms with Crippen LogP contribution in [0.25, 0.3) is 0 Å². The van der Waals surface area contributed by atoms with Gasteiger partial charge in [0.05, 0.1) is 24.3 Å². The van der Waals surface area contributed by atoms with Crippen molar-refractivity contribution in [3.8, 4) is 0 Å². The van der Waals surface area contributed by atoms with Gasteiger partial charge in [-0.05, 0) is 6.92 Å². The van der Waals surface area contributed by atoms with Gasteiger partial charge in [-0.15, -0.1) is 0 Å². The summed E-state index contributed by atoms with van der Waals surface area (Å²) >= 11 is 0. The molecule has 14 heavy (non-hydrogen) atoms. The smallest absolute Gasteiger partial charge is 0.147 e. The summed E-state index contributed by atoms with van der Waals surface area (Å²) in [5.41, 5.74) is 1.92. The van der Waals surface area contributed by atoms with E-state index in [-0.39, 0.29) is 0 Å². The molecule has 0 fully saturated rings. The lowest BCUT2D eigenvalue weighted by atomic mass is 10.4. The third-order valence-electron chi connectivity index (χ3n) is 1.88. The maximum absolute atomic E-state index is 4.17. The Hall–Kier alpha value is -1.91. The van der Waals surface area contributed by atoms with E-state index < -0.39 is 0 Å². The minimum atomic E-state index is 0.680. The van der Waals surface area contributed by atoms with Crippen LogP contribution in [-0.4, -0.2) is 19.9 Å². The van der Waals surface area contributed by atoms with Gasteiger partial charge in [0.25, 0.3) is 0 Å². The number of aromatic nitrogens is 4. The number of nitrogens with one attached hydrogen (secondary N) is 2. The van der Waals surface area contributed by atoms with Gasteiger partial charge in [-0.1, -0.05) is 0 Å². The lowest BCUT2D eigenvalue weighted by Gasteiger charge is -2.04. The van der Waals surface area contributed by atoms with Crippen molar-refractivity contribution in [2.24, 2.45) is 0 Å². The van der Waals surface area contributed by atoms with E-state index in [2.05, 4.69) is 25.3 Å². The molecule has 0 radical (unpaired) electrons. The molecule has 2 aromatic heterocycles. The molecule has 0 bridgehead atoms. The summed E-state index contributed by atoms with van der Waals surface area (Å²) in [6, 6.07) is 0. The Labute approximate surface area is 81.6 Å². The summed E-state index contributed by atoms with van der Waals surface area (Å²) in [4.78, 5) is 15.2. The van der Waals surface area contributed by atoms with Crippen molar-refractivity contribution < 1.29 is 0 Å². The molecule has 5 nitrogen and oxygen atoms in total. The molecule has 0 aliphatic rings. The minimum Gasteiger partial charge on any atom is -0.363 e. The highest BCUT2D eigenvalue weighted by Crippen LogP contribution is 2.06. The zero-order valence-corrected chi connectivity index (χ0v) is 7.86. The van der Waals surface area contributed by atoms with E-state index in [1.807, 2.05) is 6.92 Å². The normalized spacial score (nSPS) is 10.1. The number of aromatic amines is 1. The lowest BCUT2D eigenvalue weighted by Crippen LogP contribution is -2.03. The minimum absolute atomic E-state index is 0.680. The molecule has 0 spiro atoms. The molecule has 0 saturated carbocycles. The van der Waals surface area contributed by atoms with E-state index in [9.17, 15) is 0 Å². The van der Waals surface area contributed by atoms with Crippen molar-refractivity contribution >= 4 is 5.82 Å². The number of H-pyrrole nitrogens is 1. The number of hydrogen-bond donors (Lipinski definition) is 2. The number of hydrogen-bond acceptors (Lipinski definition) is 4. The molecule has 0 aromatic carbocycles. The summed E-state index contributed by atoms with van der Waals surface area (Å²) in [6.07, 6.45) is 6.78. The van der Waals surface area contributed by atoms with Crippen LogP contribution in [0.4, 0.5) is 5.82 Å². The first-order valence-electron chi connectivity index (χ1n) is 4.35. The number of imidazole rings is 1. The van der Waals surface area contributed by atoms with Crippen LogP contribution >= 0.6 is 0 Å². The van der Waals surface area contributed by atoms with Gasteiger partial charge in [0.2, 0.25) is 0 Å². The van der Waals surface area contributed by atoms with E-state index in [4.69, 9.17) is 0 Å². The largest absolute Gasteiger partial charge is 0.363 e. The van der Waals surface area contributed by atoms with Gasteiger partial charge < -0.3 is 10.3 Å². The molecular weight excluding hydrogens is 178 g/mol. The van der Waals surface area contributed by atoms with Crippen LogP contribution in [0.2, 0.25) is 0 Å². The maximum atomic E-state index is 4.17. The standard InChI is InChI=1S/C9H11N5/c1-7-9(12-3-2-11-7)13-5-8-4-10-6-14-8/h2-4,6H,5H2,1H3,(H,10,14)(H,12,13). The summed E-state index contributed by atoms with van der Waals surface area (Å²) in [5.74, 6) is 0.808. The van der Waals surface area contributed by atoms with Crippen LogP contribution in [-0.2, 0) is 6.54 Å². The average molecular weight is 189 g/mol. The average Bonchev–Trinajstić information content (AvgIpc) is 2.69. The fraction of sp³-hybridized carbons (Fsp3) is 0.222. The topological polar surface area (TPSA) is 66.5 Å². The second-order valence-corrected chi connectivity index (χ2v) is 2.92. The fourth-order valence-corrected chi connectivity index (χ4v) is 1.14. The van der Waals surface area contributed by atoms with Crippen LogP contribution in [0, 0.1) is 6.92 Å². The Kier molecular flexibility index (Phi) is 2.40. The Bertz CT molecular complexity index is 395. The third-order valence-corrected chi connectivity index (χ3v) is 1.88. The first-order valence-corrected chi connectivity index (χ1v) is 4.35. The van der Waals surface area contributed by atoms with Gasteiger partial charge in [-0.25, -0.2) is 9.97 Å². The van der Waals surface area contributed by atoms with E-state index in [0.29, 0.717) is 6.54 Å². The molecule has 2 N–H and O–H groups in total. The van der Waals surface area contributed by atoms with E-state index in [1.54, 1.807) is 24.9 Å².